The topological polar surface area (TPSA) is 64.6 Å². The van der Waals surface area contributed by atoms with Crippen molar-refractivity contribution in [3.05, 3.63) is 0 Å². The summed E-state index contributed by atoms with van der Waals surface area (Å²) in [5.41, 5.74) is 0. The molecule has 5 heteroatoms. The Morgan fingerprint density at radius 2 is 2.00 bits per heavy atom. The first-order valence-corrected chi connectivity index (χ1v) is 6.19. The van der Waals surface area contributed by atoms with Gasteiger partial charge in [-0.2, -0.15) is 0 Å². The third-order valence-corrected chi connectivity index (χ3v) is 2.16. The second-order valence-corrected chi connectivity index (χ2v) is 3.79. The molecule has 18 heavy (non-hydrogen) atoms. The Hall–Kier alpha value is -1.70. The average molecular weight is 255 g/mol. The van der Waals surface area contributed by atoms with Crippen molar-refractivity contribution in [1.82, 2.24) is 5.32 Å². The van der Waals surface area contributed by atoms with Crippen LogP contribution in [-0.2, 0) is 14.3 Å². The second-order valence-electron chi connectivity index (χ2n) is 3.79. The third kappa shape index (κ3) is 7.55. The van der Waals surface area contributed by atoms with Crippen LogP contribution in [0.25, 0.3) is 0 Å². The van der Waals surface area contributed by atoms with Gasteiger partial charge < -0.3 is 14.8 Å². The van der Waals surface area contributed by atoms with E-state index in [9.17, 15) is 9.59 Å². The quantitative estimate of drug-likeness (QED) is 0.531. The lowest BCUT2D eigenvalue weighted by atomic mass is 10.1. The number of carbonyl (C=O) groups excluding carboxylic acids is 2. The predicted molar refractivity (Wildman–Crippen MR) is 67.9 cm³/mol. The van der Waals surface area contributed by atoms with Gasteiger partial charge in [0.25, 0.3) is 0 Å². The van der Waals surface area contributed by atoms with E-state index < -0.39 is 18.1 Å². The first-order valence-electron chi connectivity index (χ1n) is 6.19. The summed E-state index contributed by atoms with van der Waals surface area (Å²) in [6.45, 7) is 4.15. The molecule has 1 atom stereocenters. The van der Waals surface area contributed by atoms with Crippen LogP contribution in [0.15, 0.2) is 0 Å². The number of terminal acetylenes is 1. The Morgan fingerprint density at radius 3 is 2.56 bits per heavy atom. The summed E-state index contributed by atoms with van der Waals surface area (Å²) < 4.78 is 9.67. The summed E-state index contributed by atoms with van der Waals surface area (Å²) in [5.74, 6) is 1.75. The van der Waals surface area contributed by atoms with E-state index in [1.807, 2.05) is 13.8 Å². The fourth-order valence-corrected chi connectivity index (χ4v) is 1.25. The summed E-state index contributed by atoms with van der Waals surface area (Å²) in [7, 11) is 0. The third-order valence-electron chi connectivity index (χ3n) is 2.16. The number of hydrogen-bond acceptors (Lipinski definition) is 4. The molecule has 0 aliphatic rings. The summed E-state index contributed by atoms with van der Waals surface area (Å²) in [5, 5.41) is 2.46. The smallest absolute Gasteiger partial charge is 0.408 e. The van der Waals surface area contributed by atoms with Gasteiger partial charge in [-0.15, -0.1) is 6.42 Å². The zero-order valence-electron chi connectivity index (χ0n) is 11.0. The van der Waals surface area contributed by atoms with Crippen molar-refractivity contribution in [3.8, 4) is 12.3 Å². The standard InChI is InChI=1S/C13H21NO4/c1-4-7-8-11(12(15)17-9-5-2)14-13(16)18-10-6-3/h3,11H,4-5,7-10H2,1-2H3,(H,14,16). The van der Waals surface area contributed by atoms with Gasteiger partial charge in [-0.3, -0.25) is 0 Å². The molecule has 0 rings (SSSR count). The lowest BCUT2D eigenvalue weighted by Gasteiger charge is -2.16. The van der Waals surface area contributed by atoms with Crippen LogP contribution in [0.2, 0.25) is 0 Å². The first kappa shape index (κ1) is 16.3. The normalized spacial score (nSPS) is 11.2. The number of amides is 1. The van der Waals surface area contributed by atoms with Gasteiger partial charge in [0.1, 0.15) is 6.04 Å². The molecule has 0 aromatic heterocycles. The van der Waals surface area contributed by atoms with Gasteiger partial charge in [0.15, 0.2) is 6.61 Å². The first-order chi connectivity index (χ1) is 8.65. The molecule has 0 heterocycles. The summed E-state index contributed by atoms with van der Waals surface area (Å²) in [6.07, 6.45) is 7.30. The molecule has 102 valence electrons. The van der Waals surface area contributed by atoms with E-state index in [2.05, 4.69) is 16.0 Å². The van der Waals surface area contributed by atoms with Crippen molar-refractivity contribution >= 4 is 12.1 Å². The van der Waals surface area contributed by atoms with Gasteiger partial charge in [0, 0.05) is 0 Å². The maximum atomic E-state index is 11.7. The highest BCUT2D eigenvalue weighted by Crippen LogP contribution is 2.03. The minimum atomic E-state index is -0.692. The molecule has 0 spiro atoms. The Labute approximate surface area is 108 Å². The van der Waals surface area contributed by atoms with E-state index >= 15 is 0 Å². The number of alkyl carbamates (subject to hydrolysis) is 1. The molecule has 1 unspecified atom stereocenters. The average Bonchev–Trinajstić information content (AvgIpc) is 2.38. The number of esters is 1. The Bertz CT molecular complexity index is 296. The molecule has 1 N–H and O–H groups in total. The summed E-state index contributed by atoms with van der Waals surface area (Å²) in [6, 6.07) is -0.665. The van der Waals surface area contributed by atoms with E-state index in [0.29, 0.717) is 13.0 Å². The number of carbonyl (C=O) groups is 2. The fourth-order valence-electron chi connectivity index (χ4n) is 1.25. The fraction of sp³-hybridized carbons (Fsp3) is 0.692. The van der Waals surface area contributed by atoms with Crippen molar-refractivity contribution in [2.75, 3.05) is 13.2 Å². The van der Waals surface area contributed by atoms with Gasteiger partial charge in [-0.1, -0.05) is 32.6 Å². The van der Waals surface area contributed by atoms with Crippen LogP contribution >= 0.6 is 0 Å². The zero-order valence-corrected chi connectivity index (χ0v) is 11.0. The van der Waals surface area contributed by atoms with E-state index in [4.69, 9.17) is 11.2 Å². The molecule has 0 aromatic rings. The SMILES string of the molecule is C#CCOC(=O)NC(CCCC)C(=O)OCCC. The Kier molecular flexibility index (Phi) is 9.47. The van der Waals surface area contributed by atoms with Crippen LogP contribution in [-0.4, -0.2) is 31.3 Å². The Morgan fingerprint density at radius 1 is 1.28 bits per heavy atom. The van der Waals surface area contributed by atoms with Crippen LogP contribution in [0.4, 0.5) is 4.79 Å². The highest BCUT2D eigenvalue weighted by Gasteiger charge is 2.22. The minimum absolute atomic E-state index is 0.115. The lowest BCUT2D eigenvalue weighted by Crippen LogP contribution is -2.42. The van der Waals surface area contributed by atoms with E-state index in [1.165, 1.54) is 0 Å². The number of unbranched alkanes of at least 4 members (excludes halogenated alkanes) is 1. The molecule has 0 saturated carbocycles. The van der Waals surface area contributed by atoms with Crippen molar-refractivity contribution in [3.63, 3.8) is 0 Å². The number of nitrogens with one attached hydrogen (secondary N) is 1. The van der Waals surface area contributed by atoms with Crippen LogP contribution in [0.5, 0.6) is 0 Å². The molecular weight excluding hydrogens is 234 g/mol. The molecule has 0 aromatic carbocycles. The van der Waals surface area contributed by atoms with Crippen molar-refractivity contribution < 1.29 is 19.1 Å². The van der Waals surface area contributed by atoms with Gasteiger partial charge in [0.2, 0.25) is 0 Å². The largest absolute Gasteiger partial charge is 0.464 e. The predicted octanol–water partition coefficient (Wildman–Crippen LogP) is 1.86. The lowest BCUT2D eigenvalue weighted by molar-refractivity contribution is -0.146. The molecule has 1 amide bonds. The number of hydrogen-bond donors (Lipinski definition) is 1. The molecule has 0 bridgehead atoms. The van der Waals surface area contributed by atoms with Crippen LogP contribution < -0.4 is 5.32 Å². The highest BCUT2D eigenvalue weighted by molar-refractivity contribution is 5.81. The molecule has 5 nitrogen and oxygen atoms in total. The van der Waals surface area contributed by atoms with Crippen LogP contribution in [0.3, 0.4) is 0 Å². The zero-order chi connectivity index (χ0) is 13.8. The summed E-state index contributed by atoms with van der Waals surface area (Å²) >= 11 is 0. The number of rotatable bonds is 8. The molecule has 0 saturated heterocycles. The maximum absolute atomic E-state index is 11.7. The van der Waals surface area contributed by atoms with E-state index in [1.54, 1.807) is 0 Å². The Balaban J connectivity index is 4.25. The van der Waals surface area contributed by atoms with Gasteiger partial charge in [-0.05, 0) is 12.8 Å². The van der Waals surface area contributed by atoms with Crippen molar-refractivity contribution in [2.24, 2.45) is 0 Å². The van der Waals surface area contributed by atoms with Gasteiger partial charge in [0.05, 0.1) is 6.61 Å². The van der Waals surface area contributed by atoms with Gasteiger partial charge in [-0.25, -0.2) is 9.59 Å². The highest BCUT2D eigenvalue weighted by atomic mass is 16.6. The summed E-state index contributed by atoms with van der Waals surface area (Å²) in [4.78, 5) is 23.0. The molecule has 0 aliphatic heterocycles. The monoisotopic (exact) mass is 255 g/mol. The maximum Gasteiger partial charge on any atom is 0.408 e. The second kappa shape index (κ2) is 10.5. The number of ether oxygens (including phenoxy) is 2. The molecule has 0 radical (unpaired) electrons. The van der Waals surface area contributed by atoms with Crippen LogP contribution in [0, 0.1) is 12.3 Å². The minimum Gasteiger partial charge on any atom is -0.464 e. The molecule has 0 aliphatic carbocycles. The van der Waals surface area contributed by atoms with Crippen LogP contribution in [0.1, 0.15) is 39.5 Å². The van der Waals surface area contributed by atoms with E-state index in [-0.39, 0.29) is 6.61 Å². The van der Waals surface area contributed by atoms with Crippen molar-refractivity contribution in [1.29, 1.82) is 0 Å². The molecule has 0 fully saturated rings. The van der Waals surface area contributed by atoms with Crippen molar-refractivity contribution in [2.45, 2.75) is 45.6 Å². The van der Waals surface area contributed by atoms with E-state index in [0.717, 1.165) is 19.3 Å². The molecular formula is C13H21NO4. The van der Waals surface area contributed by atoms with Gasteiger partial charge >= 0.3 is 12.1 Å².